The number of para-hydroxylation sites is 2. The lowest BCUT2D eigenvalue weighted by molar-refractivity contribution is -0.153. The van der Waals surface area contributed by atoms with Gasteiger partial charge >= 0.3 is 6.18 Å². The Morgan fingerprint density at radius 3 is 2.63 bits per heavy atom. The van der Waals surface area contributed by atoms with Gasteiger partial charge in [0.2, 0.25) is 0 Å². The van der Waals surface area contributed by atoms with E-state index >= 15 is 0 Å². The van der Waals surface area contributed by atoms with Crippen LogP contribution in [0.3, 0.4) is 0 Å². The zero-order valence-corrected chi connectivity index (χ0v) is 16.2. The topological polar surface area (TPSA) is 51.2 Å². The van der Waals surface area contributed by atoms with Crippen LogP contribution in [0, 0.1) is 6.92 Å². The van der Waals surface area contributed by atoms with Crippen LogP contribution in [0.5, 0.6) is 5.75 Å². The van der Waals surface area contributed by atoms with E-state index in [1.165, 1.54) is 40.9 Å². The van der Waals surface area contributed by atoms with Crippen LogP contribution in [0.4, 0.5) is 18.9 Å². The fraction of sp³-hybridized carbons (Fsp3) is 0.176. The number of hydrogen-bond donors (Lipinski definition) is 1. The summed E-state index contributed by atoms with van der Waals surface area (Å²) in [4.78, 5) is 18.2. The van der Waals surface area contributed by atoms with Gasteiger partial charge in [0.05, 0.1) is 20.6 Å². The molecule has 4 nitrogen and oxygen atoms in total. The molecule has 0 unspecified atom stereocenters. The lowest BCUT2D eigenvalue weighted by Gasteiger charge is -2.13. The van der Waals surface area contributed by atoms with Crippen molar-refractivity contribution in [3.63, 3.8) is 0 Å². The zero-order chi connectivity index (χ0) is 19.6. The molecule has 142 valence electrons. The first-order chi connectivity index (χ1) is 12.7. The van der Waals surface area contributed by atoms with E-state index in [9.17, 15) is 18.0 Å². The fourth-order valence-corrected chi connectivity index (χ4v) is 4.24. The number of anilines is 1. The van der Waals surface area contributed by atoms with Crippen molar-refractivity contribution in [2.45, 2.75) is 13.1 Å². The molecule has 0 bridgehead atoms. The summed E-state index contributed by atoms with van der Waals surface area (Å²) in [7, 11) is 0. The molecule has 0 aliphatic heterocycles. The lowest BCUT2D eigenvalue weighted by Crippen LogP contribution is -2.20. The van der Waals surface area contributed by atoms with Crippen LogP contribution < -0.4 is 10.1 Å². The number of thiazole rings is 1. The highest BCUT2D eigenvalue weighted by atomic mass is 35.5. The molecule has 0 saturated carbocycles. The number of hydrogen-bond acceptors (Lipinski definition) is 5. The van der Waals surface area contributed by atoms with Crippen molar-refractivity contribution in [3.05, 3.63) is 51.3 Å². The van der Waals surface area contributed by atoms with E-state index < -0.39 is 18.7 Å². The summed E-state index contributed by atoms with van der Waals surface area (Å²) >= 11 is 8.46. The number of alkyl halides is 3. The van der Waals surface area contributed by atoms with E-state index in [0.29, 0.717) is 19.9 Å². The molecule has 0 spiro atoms. The second-order valence-corrected chi connectivity index (χ2v) is 8.11. The minimum atomic E-state index is -4.47. The number of aryl methyl sites for hydroxylation is 1. The smallest absolute Gasteiger partial charge is 0.422 e. The highest BCUT2D eigenvalue weighted by Gasteiger charge is 2.29. The van der Waals surface area contributed by atoms with Crippen LogP contribution in [0.1, 0.15) is 15.4 Å². The molecule has 0 aliphatic rings. The molecule has 3 rings (SSSR count). The summed E-state index contributed by atoms with van der Waals surface area (Å²) in [6.07, 6.45) is -4.47. The number of aromatic nitrogens is 1. The first kappa shape index (κ1) is 19.7. The number of thiophene rings is 1. The minimum Gasteiger partial charge on any atom is -0.482 e. The monoisotopic (exact) mass is 432 g/mol. The summed E-state index contributed by atoms with van der Waals surface area (Å²) in [6.45, 7) is 0.249. The summed E-state index contributed by atoms with van der Waals surface area (Å²) in [5.74, 6) is -0.530. The van der Waals surface area contributed by atoms with Crippen molar-refractivity contribution < 1.29 is 22.7 Å². The van der Waals surface area contributed by atoms with Gasteiger partial charge in [0.25, 0.3) is 5.91 Å². The maximum atomic E-state index is 12.6. The number of nitrogens with one attached hydrogen (secondary N) is 1. The van der Waals surface area contributed by atoms with Crippen molar-refractivity contribution >= 4 is 45.9 Å². The summed E-state index contributed by atoms with van der Waals surface area (Å²) in [6, 6.07) is 9.51. The lowest BCUT2D eigenvalue weighted by atomic mass is 10.2. The number of halogens is 4. The molecule has 1 N–H and O–H groups in total. The molecular formula is C17H12ClF3N2O2S2. The molecule has 0 saturated heterocycles. The molecule has 0 radical (unpaired) electrons. The van der Waals surface area contributed by atoms with E-state index in [1.807, 2.05) is 6.07 Å². The third kappa shape index (κ3) is 5.00. The van der Waals surface area contributed by atoms with E-state index in [-0.39, 0.29) is 11.4 Å². The number of ether oxygens (including phenoxy) is 1. The van der Waals surface area contributed by atoms with Crippen molar-refractivity contribution in [1.82, 2.24) is 4.98 Å². The number of carbonyl (C=O) groups excluding carboxylic acids is 1. The van der Waals surface area contributed by atoms with Gasteiger partial charge in [0.1, 0.15) is 15.6 Å². The summed E-state index contributed by atoms with van der Waals surface area (Å²) < 4.78 is 42.6. The molecule has 0 aliphatic carbocycles. The molecule has 0 fully saturated rings. The molecule has 0 atom stereocenters. The van der Waals surface area contributed by atoms with Gasteiger partial charge < -0.3 is 10.1 Å². The Morgan fingerprint density at radius 1 is 1.22 bits per heavy atom. The second kappa shape index (κ2) is 7.87. The van der Waals surface area contributed by atoms with Crippen LogP contribution in [0.2, 0.25) is 4.34 Å². The standard InChI is InChI=1S/C17H12ClF3N2O2S2/c1-9-14(27-16(22-9)12-6-7-13(18)26-12)15(24)23-10-4-2-3-5-11(10)25-8-17(19,20)21/h2-7H,8H2,1H3,(H,23,24). The van der Waals surface area contributed by atoms with E-state index in [4.69, 9.17) is 16.3 Å². The normalized spacial score (nSPS) is 11.4. The van der Waals surface area contributed by atoms with Gasteiger partial charge in [-0.3, -0.25) is 4.79 Å². The highest BCUT2D eigenvalue weighted by Crippen LogP contribution is 2.35. The molecule has 3 aromatic rings. The Kier molecular flexibility index (Phi) is 5.73. The number of nitrogens with zero attached hydrogens (tertiary/aromatic N) is 1. The Morgan fingerprint density at radius 2 is 1.96 bits per heavy atom. The Hall–Kier alpha value is -2.10. The largest absolute Gasteiger partial charge is 0.482 e. The van der Waals surface area contributed by atoms with Crippen LogP contribution in [0.25, 0.3) is 9.88 Å². The molecule has 2 heterocycles. The quantitative estimate of drug-likeness (QED) is 0.535. The Bertz CT molecular complexity index is 969. The van der Waals surface area contributed by atoms with E-state index in [2.05, 4.69) is 10.3 Å². The zero-order valence-electron chi connectivity index (χ0n) is 13.8. The van der Waals surface area contributed by atoms with Gasteiger partial charge in [-0.25, -0.2) is 4.98 Å². The third-order valence-electron chi connectivity index (χ3n) is 3.31. The predicted octanol–water partition coefficient (Wildman–Crippen LogP) is 6.03. The third-order valence-corrected chi connectivity index (χ3v) is 5.87. The SMILES string of the molecule is Cc1nc(-c2ccc(Cl)s2)sc1C(=O)Nc1ccccc1OCC(F)(F)F. The molecule has 2 aromatic heterocycles. The van der Waals surface area contributed by atoms with Gasteiger partial charge in [-0.2, -0.15) is 13.2 Å². The van der Waals surface area contributed by atoms with Gasteiger partial charge in [-0.05, 0) is 31.2 Å². The van der Waals surface area contributed by atoms with Crippen LogP contribution in [-0.4, -0.2) is 23.7 Å². The first-order valence-corrected chi connectivity index (χ1v) is 9.57. The maximum Gasteiger partial charge on any atom is 0.422 e. The Balaban J connectivity index is 1.79. The second-order valence-electron chi connectivity index (χ2n) is 5.39. The number of benzene rings is 1. The molecule has 27 heavy (non-hydrogen) atoms. The van der Waals surface area contributed by atoms with Gasteiger partial charge in [0.15, 0.2) is 6.61 Å². The number of carbonyl (C=O) groups is 1. The van der Waals surface area contributed by atoms with Crippen molar-refractivity contribution in [2.24, 2.45) is 0 Å². The summed E-state index contributed by atoms with van der Waals surface area (Å²) in [5, 5.41) is 3.24. The summed E-state index contributed by atoms with van der Waals surface area (Å²) in [5.41, 5.74) is 0.672. The number of amides is 1. The minimum absolute atomic E-state index is 0.0596. The van der Waals surface area contributed by atoms with Gasteiger partial charge in [-0.1, -0.05) is 23.7 Å². The highest BCUT2D eigenvalue weighted by molar-refractivity contribution is 7.24. The Labute approximate surface area is 165 Å². The number of rotatable bonds is 5. The molecule has 1 aromatic carbocycles. The van der Waals surface area contributed by atoms with Crippen molar-refractivity contribution in [3.8, 4) is 15.6 Å². The fourth-order valence-electron chi connectivity index (χ4n) is 2.18. The van der Waals surface area contributed by atoms with Crippen LogP contribution >= 0.6 is 34.3 Å². The van der Waals surface area contributed by atoms with Crippen LogP contribution in [0.15, 0.2) is 36.4 Å². The van der Waals surface area contributed by atoms with Gasteiger partial charge in [-0.15, -0.1) is 22.7 Å². The van der Waals surface area contributed by atoms with Gasteiger partial charge in [0, 0.05) is 0 Å². The molecule has 10 heteroatoms. The van der Waals surface area contributed by atoms with E-state index in [1.54, 1.807) is 19.1 Å². The average molecular weight is 433 g/mol. The first-order valence-electron chi connectivity index (χ1n) is 7.56. The van der Waals surface area contributed by atoms with Crippen molar-refractivity contribution in [2.75, 3.05) is 11.9 Å². The van der Waals surface area contributed by atoms with Crippen LogP contribution in [-0.2, 0) is 0 Å². The van der Waals surface area contributed by atoms with Crippen molar-refractivity contribution in [1.29, 1.82) is 0 Å². The predicted molar refractivity (Wildman–Crippen MR) is 101 cm³/mol. The maximum absolute atomic E-state index is 12.6. The van der Waals surface area contributed by atoms with E-state index in [0.717, 1.165) is 4.88 Å². The molecular weight excluding hydrogens is 421 g/mol. The average Bonchev–Trinajstić information content (AvgIpc) is 3.19. The molecule has 1 amide bonds.